The summed E-state index contributed by atoms with van der Waals surface area (Å²) in [6.07, 6.45) is 0.917. The smallest absolute Gasteiger partial charge is 0.141 e. The lowest BCUT2D eigenvalue weighted by Crippen LogP contribution is -2.07. The number of benzene rings is 2. The molecule has 0 radical (unpaired) electrons. The van der Waals surface area contributed by atoms with Crippen LogP contribution in [-0.2, 0) is 17.6 Å². The highest BCUT2D eigenvalue weighted by Gasteiger charge is 2.08. The SMILES string of the molecule is COc1ccc(CC(=O)Cc2ccc(C)c(C)c2)cc1Br. The van der Waals surface area contributed by atoms with Gasteiger partial charge in [-0.2, -0.15) is 0 Å². The van der Waals surface area contributed by atoms with Crippen molar-refractivity contribution in [2.24, 2.45) is 0 Å². The minimum absolute atomic E-state index is 0.218. The number of rotatable bonds is 5. The minimum atomic E-state index is 0.218. The Morgan fingerprint density at radius 3 is 2.19 bits per heavy atom. The summed E-state index contributed by atoms with van der Waals surface area (Å²) < 4.78 is 6.07. The van der Waals surface area contributed by atoms with Crippen molar-refractivity contribution in [2.45, 2.75) is 26.7 Å². The van der Waals surface area contributed by atoms with Crippen LogP contribution in [0.5, 0.6) is 5.75 Å². The number of Topliss-reactive ketones (excluding diaryl/α,β-unsaturated/α-hetero) is 1. The molecule has 110 valence electrons. The fourth-order valence-electron chi connectivity index (χ4n) is 2.25. The van der Waals surface area contributed by atoms with Gasteiger partial charge in [0.15, 0.2) is 0 Å². The van der Waals surface area contributed by atoms with Crippen LogP contribution in [0.1, 0.15) is 22.3 Å². The third-order valence-electron chi connectivity index (χ3n) is 3.59. The summed E-state index contributed by atoms with van der Waals surface area (Å²) in [6.45, 7) is 4.15. The topological polar surface area (TPSA) is 26.3 Å². The van der Waals surface area contributed by atoms with Crippen LogP contribution in [0.2, 0.25) is 0 Å². The van der Waals surface area contributed by atoms with Crippen molar-refractivity contribution in [3.8, 4) is 5.75 Å². The zero-order valence-electron chi connectivity index (χ0n) is 12.6. The van der Waals surface area contributed by atoms with E-state index in [0.29, 0.717) is 12.8 Å². The van der Waals surface area contributed by atoms with Gasteiger partial charge < -0.3 is 4.74 Å². The standard InChI is InChI=1S/C18H19BrO2/c1-12-4-5-14(8-13(12)2)9-16(20)10-15-6-7-18(21-3)17(19)11-15/h4-8,11H,9-10H2,1-3H3. The van der Waals surface area contributed by atoms with E-state index < -0.39 is 0 Å². The molecule has 2 aromatic carbocycles. The van der Waals surface area contributed by atoms with Crippen LogP contribution in [0, 0.1) is 13.8 Å². The highest BCUT2D eigenvalue weighted by molar-refractivity contribution is 9.10. The number of aryl methyl sites for hydroxylation is 2. The first-order chi connectivity index (χ1) is 9.99. The van der Waals surface area contributed by atoms with Gasteiger partial charge in [-0.1, -0.05) is 24.3 Å². The molecule has 0 aromatic heterocycles. The van der Waals surface area contributed by atoms with E-state index in [1.54, 1.807) is 7.11 Å². The van der Waals surface area contributed by atoms with Gasteiger partial charge in [0.25, 0.3) is 0 Å². The first-order valence-electron chi connectivity index (χ1n) is 6.90. The van der Waals surface area contributed by atoms with Crippen molar-refractivity contribution in [3.63, 3.8) is 0 Å². The number of ether oxygens (including phenoxy) is 1. The Labute approximate surface area is 134 Å². The van der Waals surface area contributed by atoms with Gasteiger partial charge >= 0.3 is 0 Å². The number of carbonyl (C=O) groups excluding carboxylic acids is 1. The van der Waals surface area contributed by atoms with E-state index in [9.17, 15) is 4.79 Å². The maximum Gasteiger partial charge on any atom is 0.141 e. The molecule has 0 aliphatic rings. The van der Waals surface area contributed by atoms with E-state index >= 15 is 0 Å². The Morgan fingerprint density at radius 2 is 1.62 bits per heavy atom. The molecule has 0 heterocycles. The third-order valence-corrected chi connectivity index (χ3v) is 4.21. The Balaban J connectivity index is 2.04. The van der Waals surface area contributed by atoms with Crippen LogP contribution in [0.15, 0.2) is 40.9 Å². The van der Waals surface area contributed by atoms with Crippen molar-refractivity contribution in [2.75, 3.05) is 7.11 Å². The molecule has 0 spiro atoms. The van der Waals surface area contributed by atoms with E-state index in [1.165, 1.54) is 11.1 Å². The summed E-state index contributed by atoms with van der Waals surface area (Å²) in [5.74, 6) is 0.996. The first-order valence-corrected chi connectivity index (χ1v) is 7.69. The van der Waals surface area contributed by atoms with Crippen molar-refractivity contribution in [1.29, 1.82) is 0 Å². The highest BCUT2D eigenvalue weighted by atomic mass is 79.9. The minimum Gasteiger partial charge on any atom is -0.496 e. The molecule has 0 amide bonds. The number of halogens is 1. The van der Waals surface area contributed by atoms with Crippen LogP contribution >= 0.6 is 15.9 Å². The highest BCUT2D eigenvalue weighted by Crippen LogP contribution is 2.25. The van der Waals surface area contributed by atoms with E-state index in [1.807, 2.05) is 24.3 Å². The van der Waals surface area contributed by atoms with E-state index in [2.05, 4.69) is 41.9 Å². The molecule has 3 heteroatoms. The fraction of sp³-hybridized carbons (Fsp3) is 0.278. The largest absolute Gasteiger partial charge is 0.496 e. The molecule has 2 aromatic rings. The van der Waals surface area contributed by atoms with Gasteiger partial charge in [-0.05, 0) is 64.2 Å². The molecule has 0 saturated carbocycles. The summed E-state index contributed by atoms with van der Waals surface area (Å²) in [6, 6.07) is 11.9. The average molecular weight is 347 g/mol. The summed E-state index contributed by atoms with van der Waals surface area (Å²) in [4.78, 5) is 12.2. The van der Waals surface area contributed by atoms with Crippen molar-refractivity contribution in [1.82, 2.24) is 0 Å². The molecule has 0 bridgehead atoms. The van der Waals surface area contributed by atoms with E-state index in [0.717, 1.165) is 21.3 Å². The van der Waals surface area contributed by atoms with Crippen LogP contribution in [0.25, 0.3) is 0 Å². The normalized spacial score (nSPS) is 10.5. The summed E-state index contributed by atoms with van der Waals surface area (Å²) in [7, 11) is 1.63. The van der Waals surface area contributed by atoms with Crippen LogP contribution in [0.3, 0.4) is 0 Å². The second-order valence-electron chi connectivity index (χ2n) is 5.28. The second-order valence-corrected chi connectivity index (χ2v) is 6.13. The maximum atomic E-state index is 12.2. The zero-order chi connectivity index (χ0) is 15.4. The van der Waals surface area contributed by atoms with Crippen molar-refractivity contribution < 1.29 is 9.53 Å². The molecule has 0 aliphatic carbocycles. The molecule has 21 heavy (non-hydrogen) atoms. The Bertz CT molecular complexity index is 662. The quantitative estimate of drug-likeness (QED) is 0.800. The second kappa shape index (κ2) is 6.90. The van der Waals surface area contributed by atoms with Gasteiger partial charge in [-0.15, -0.1) is 0 Å². The van der Waals surface area contributed by atoms with Gasteiger partial charge in [0, 0.05) is 12.8 Å². The average Bonchev–Trinajstić information content (AvgIpc) is 2.43. The van der Waals surface area contributed by atoms with Crippen molar-refractivity contribution >= 4 is 21.7 Å². The molecule has 0 N–H and O–H groups in total. The van der Waals surface area contributed by atoms with Crippen LogP contribution < -0.4 is 4.74 Å². The molecule has 0 saturated heterocycles. The summed E-state index contributed by atoms with van der Waals surface area (Å²) >= 11 is 3.45. The molecule has 2 rings (SSSR count). The number of carbonyl (C=O) groups is 1. The van der Waals surface area contributed by atoms with Gasteiger partial charge in [0.05, 0.1) is 11.6 Å². The van der Waals surface area contributed by atoms with Gasteiger partial charge in [0.2, 0.25) is 0 Å². The van der Waals surface area contributed by atoms with Crippen molar-refractivity contribution in [3.05, 3.63) is 63.1 Å². The third kappa shape index (κ3) is 4.18. The molecule has 2 nitrogen and oxygen atoms in total. The van der Waals surface area contributed by atoms with E-state index in [-0.39, 0.29) is 5.78 Å². The van der Waals surface area contributed by atoms with Crippen LogP contribution in [-0.4, -0.2) is 12.9 Å². The number of hydrogen-bond donors (Lipinski definition) is 0. The molecule has 0 fully saturated rings. The van der Waals surface area contributed by atoms with Gasteiger partial charge in [-0.3, -0.25) is 4.79 Å². The number of methoxy groups -OCH3 is 1. The summed E-state index contributed by atoms with van der Waals surface area (Å²) in [5, 5.41) is 0. The Morgan fingerprint density at radius 1 is 1.00 bits per heavy atom. The fourth-order valence-corrected chi connectivity index (χ4v) is 2.84. The van der Waals surface area contributed by atoms with Gasteiger partial charge in [-0.25, -0.2) is 0 Å². The first kappa shape index (κ1) is 15.8. The van der Waals surface area contributed by atoms with Crippen LogP contribution in [0.4, 0.5) is 0 Å². The zero-order valence-corrected chi connectivity index (χ0v) is 14.2. The lowest BCUT2D eigenvalue weighted by atomic mass is 9.99. The lowest BCUT2D eigenvalue weighted by Gasteiger charge is -2.07. The predicted octanol–water partition coefficient (Wildman–Crippen LogP) is 4.43. The molecule has 0 unspecified atom stereocenters. The molecule has 0 atom stereocenters. The molecular weight excluding hydrogens is 328 g/mol. The summed E-state index contributed by atoms with van der Waals surface area (Å²) in [5.41, 5.74) is 4.56. The molecule has 0 aliphatic heterocycles. The lowest BCUT2D eigenvalue weighted by molar-refractivity contribution is -0.117. The Kier molecular flexibility index (Phi) is 5.18. The monoisotopic (exact) mass is 346 g/mol. The number of hydrogen-bond acceptors (Lipinski definition) is 2. The predicted molar refractivity (Wildman–Crippen MR) is 89.0 cm³/mol. The Hall–Kier alpha value is -1.61. The van der Waals surface area contributed by atoms with E-state index in [4.69, 9.17) is 4.74 Å². The van der Waals surface area contributed by atoms with Gasteiger partial charge in [0.1, 0.15) is 11.5 Å². The molecular formula is C18H19BrO2. The number of ketones is 1. The maximum absolute atomic E-state index is 12.2.